The Morgan fingerprint density at radius 2 is 1.86 bits per heavy atom. The lowest BCUT2D eigenvalue weighted by Crippen LogP contribution is -2.31. The molecule has 1 N–H and O–H groups in total. The van der Waals surface area contributed by atoms with Gasteiger partial charge in [0.05, 0.1) is 0 Å². The molecule has 1 atom stereocenters. The summed E-state index contributed by atoms with van der Waals surface area (Å²) in [5.74, 6) is 0. The van der Waals surface area contributed by atoms with E-state index in [1.807, 2.05) is 6.08 Å². The van der Waals surface area contributed by atoms with Gasteiger partial charge in [-0.2, -0.15) is 0 Å². The molecule has 0 aliphatic carbocycles. The number of rotatable bonds is 6. The highest BCUT2D eigenvalue weighted by Gasteiger charge is 2.29. The second-order valence-electron chi connectivity index (χ2n) is 5.47. The molecule has 3 rings (SSSR count). The minimum Gasteiger partial charge on any atom is -0.338 e. The molecule has 21 heavy (non-hydrogen) atoms. The first-order valence-corrected chi connectivity index (χ1v) is 7.64. The van der Waals surface area contributed by atoms with Gasteiger partial charge in [-0.3, -0.25) is 0 Å². The average molecular weight is 278 g/mol. The van der Waals surface area contributed by atoms with E-state index in [2.05, 4.69) is 71.4 Å². The van der Waals surface area contributed by atoms with Gasteiger partial charge >= 0.3 is 0 Å². The van der Waals surface area contributed by atoms with Crippen LogP contribution in [0.25, 0.3) is 0 Å². The predicted molar refractivity (Wildman–Crippen MR) is 90.2 cm³/mol. The van der Waals surface area contributed by atoms with E-state index in [9.17, 15) is 0 Å². The number of nitrogens with one attached hydrogen (secondary N) is 1. The Bertz CT molecular complexity index is 592. The van der Waals surface area contributed by atoms with Crippen molar-refractivity contribution in [3.05, 3.63) is 72.8 Å². The molecule has 1 aliphatic rings. The number of anilines is 2. The van der Waals surface area contributed by atoms with Crippen LogP contribution in [-0.2, 0) is 6.42 Å². The van der Waals surface area contributed by atoms with Crippen LogP contribution < -0.4 is 10.2 Å². The van der Waals surface area contributed by atoms with Crippen molar-refractivity contribution in [2.45, 2.75) is 18.9 Å². The highest BCUT2D eigenvalue weighted by molar-refractivity contribution is 5.71. The Balaban J connectivity index is 1.82. The molecule has 0 radical (unpaired) electrons. The summed E-state index contributed by atoms with van der Waals surface area (Å²) in [5.41, 5.74) is 4.10. The first-order valence-electron chi connectivity index (χ1n) is 7.64. The van der Waals surface area contributed by atoms with E-state index in [1.54, 1.807) is 0 Å². The van der Waals surface area contributed by atoms with Gasteiger partial charge in [0.2, 0.25) is 0 Å². The summed E-state index contributed by atoms with van der Waals surface area (Å²) >= 11 is 0. The van der Waals surface area contributed by atoms with Gasteiger partial charge in [0.25, 0.3) is 0 Å². The first kappa shape index (κ1) is 13.9. The monoisotopic (exact) mass is 278 g/mol. The number of hydrogen-bond donors (Lipinski definition) is 1. The summed E-state index contributed by atoms with van der Waals surface area (Å²) in [6.45, 7) is 5.65. The molecule has 2 heteroatoms. The summed E-state index contributed by atoms with van der Waals surface area (Å²) in [7, 11) is 0. The maximum atomic E-state index is 3.75. The van der Waals surface area contributed by atoms with E-state index in [1.165, 1.54) is 16.9 Å². The van der Waals surface area contributed by atoms with E-state index in [0.29, 0.717) is 6.04 Å². The zero-order valence-corrected chi connectivity index (χ0v) is 12.3. The lowest BCUT2D eigenvalue weighted by Gasteiger charge is -2.28. The van der Waals surface area contributed by atoms with Crippen LogP contribution in [-0.4, -0.2) is 19.1 Å². The molecule has 2 nitrogen and oxygen atoms in total. The van der Waals surface area contributed by atoms with Crippen molar-refractivity contribution in [1.29, 1.82) is 0 Å². The fourth-order valence-electron chi connectivity index (χ4n) is 3.10. The van der Waals surface area contributed by atoms with Crippen LogP contribution in [0.5, 0.6) is 0 Å². The van der Waals surface area contributed by atoms with Crippen molar-refractivity contribution < 1.29 is 0 Å². The van der Waals surface area contributed by atoms with E-state index in [-0.39, 0.29) is 0 Å². The number of nitrogens with zero attached hydrogens (tertiary/aromatic N) is 1. The quantitative estimate of drug-likeness (QED) is 0.636. The molecule has 0 aromatic heterocycles. The van der Waals surface area contributed by atoms with Crippen molar-refractivity contribution >= 4 is 11.4 Å². The summed E-state index contributed by atoms with van der Waals surface area (Å²) < 4.78 is 0. The minimum absolute atomic E-state index is 0.530. The molecule has 2 aromatic carbocycles. The van der Waals surface area contributed by atoms with Crippen LogP contribution in [0.2, 0.25) is 0 Å². The number of hydrogen-bond acceptors (Lipinski definition) is 2. The molecule has 2 aromatic rings. The van der Waals surface area contributed by atoms with Gasteiger partial charge in [-0.15, -0.1) is 6.58 Å². The molecule has 1 aliphatic heterocycles. The van der Waals surface area contributed by atoms with Gasteiger partial charge in [0, 0.05) is 24.0 Å². The third kappa shape index (κ3) is 3.01. The largest absolute Gasteiger partial charge is 0.338 e. The average Bonchev–Trinajstić information content (AvgIpc) is 2.90. The van der Waals surface area contributed by atoms with Gasteiger partial charge in [0.15, 0.2) is 0 Å². The van der Waals surface area contributed by atoms with Crippen LogP contribution >= 0.6 is 0 Å². The SMILES string of the molecule is C=CCNCCC1Cc2ccccc2N1c1ccccc1. The molecular weight excluding hydrogens is 256 g/mol. The Morgan fingerprint density at radius 3 is 2.67 bits per heavy atom. The second-order valence-corrected chi connectivity index (χ2v) is 5.47. The van der Waals surface area contributed by atoms with Crippen molar-refractivity contribution in [3.63, 3.8) is 0 Å². The molecule has 0 bridgehead atoms. The summed E-state index contributed by atoms with van der Waals surface area (Å²) in [4.78, 5) is 2.49. The summed E-state index contributed by atoms with van der Waals surface area (Å²) in [6.07, 6.45) is 4.18. The van der Waals surface area contributed by atoms with E-state index in [0.717, 1.165) is 25.9 Å². The fourth-order valence-corrected chi connectivity index (χ4v) is 3.10. The Morgan fingerprint density at radius 1 is 1.10 bits per heavy atom. The summed E-state index contributed by atoms with van der Waals surface area (Å²) in [5, 5.41) is 3.42. The molecule has 1 heterocycles. The molecule has 0 spiro atoms. The number of fused-ring (bicyclic) bond motifs is 1. The minimum atomic E-state index is 0.530. The normalized spacial score (nSPS) is 16.8. The van der Waals surface area contributed by atoms with Crippen molar-refractivity contribution in [1.82, 2.24) is 5.32 Å². The molecular formula is C19H22N2. The van der Waals surface area contributed by atoms with Gasteiger partial charge in [-0.05, 0) is 43.1 Å². The molecule has 1 unspecified atom stereocenters. The third-order valence-electron chi connectivity index (χ3n) is 4.05. The zero-order valence-electron chi connectivity index (χ0n) is 12.3. The van der Waals surface area contributed by atoms with Crippen LogP contribution in [0.15, 0.2) is 67.3 Å². The first-order chi connectivity index (χ1) is 10.4. The lowest BCUT2D eigenvalue weighted by molar-refractivity contribution is 0.585. The predicted octanol–water partition coefficient (Wildman–Crippen LogP) is 3.92. The van der Waals surface area contributed by atoms with Crippen molar-refractivity contribution in [2.75, 3.05) is 18.0 Å². The van der Waals surface area contributed by atoms with Gasteiger partial charge in [-0.1, -0.05) is 42.5 Å². The van der Waals surface area contributed by atoms with E-state index < -0.39 is 0 Å². The maximum absolute atomic E-state index is 3.75. The highest BCUT2D eigenvalue weighted by atomic mass is 15.2. The molecule has 0 saturated carbocycles. The maximum Gasteiger partial charge on any atom is 0.0446 e. The Kier molecular flexibility index (Phi) is 4.37. The highest BCUT2D eigenvalue weighted by Crippen LogP contribution is 2.38. The summed E-state index contributed by atoms with van der Waals surface area (Å²) in [6, 6.07) is 20.0. The van der Waals surface area contributed by atoms with E-state index in [4.69, 9.17) is 0 Å². The van der Waals surface area contributed by atoms with Crippen molar-refractivity contribution in [3.8, 4) is 0 Å². The topological polar surface area (TPSA) is 15.3 Å². The second kappa shape index (κ2) is 6.59. The molecule has 108 valence electrons. The van der Waals surface area contributed by atoms with Crippen molar-refractivity contribution in [2.24, 2.45) is 0 Å². The van der Waals surface area contributed by atoms with E-state index >= 15 is 0 Å². The molecule has 0 saturated heterocycles. The molecule has 0 amide bonds. The third-order valence-corrected chi connectivity index (χ3v) is 4.05. The Labute approximate surface area is 127 Å². The molecule has 0 fully saturated rings. The van der Waals surface area contributed by atoms with Crippen LogP contribution in [0.4, 0.5) is 11.4 Å². The number of para-hydroxylation sites is 2. The van der Waals surface area contributed by atoms with Gasteiger partial charge in [0.1, 0.15) is 0 Å². The Hall–Kier alpha value is -2.06. The van der Waals surface area contributed by atoms with Gasteiger partial charge in [-0.25, -0.2) is 0 Å². The zero-order chi connectivity index (χ0) is 14.5. The van der Waals surface area contributed by atoms with Crippen LogP contribution in [0, 0.1) is 0 Å². The lowest BCUT2D eigenvalue weighted by atomic mass is 10.1. The fraction of sp³-hybridized carbons (Fsp3) is 0.263. The standard InChI is InChI=1S/C19H22N2/c1-2-13-20-14-12-18-15-16-8-6-7-11-19(16)21(18)17-9-4-3-5-10-17/h2-11,18,20H,1,12-15H2. The van der Waals surface area contributed by atoms with Crippen LogP contribution in [0.3, 0.4) is 0 Å². The van der Waals surface area contributed by atoms with Crippen LogP contribution in [0.1, 0.15) is 12.0 Å². The van der Waals surface area contributed by atoms with Gasteiger partial charge < -0.3 is 10.2 Å². The smallest absolute Gasteiger partial charge is 0.0446 e. The number of benzene rings is 2.